The molecule has 1 atom stereocenters. The number of benzene rings is 3. The number of nitrogens with one attached hydrogen (secondary N) is 1. The van der Waals surface area contributed by atoms with Crippen molar-refractivity contribution >= 4 is 28.2 Å². The van der Waals surface area contributed by atoms with Crippen LogP contribution < -0.4 is 10.9 Å². The van der Waals surface area contributed by atoms with Gasteiger partial charge in [-0.05, 0) is 58.7 Å². The van der Waals surface area contributed by atoms with Crippen LogP contribution in [0.15, 0.2) is 77.9 Å². The molecule has 168 valence electrons. The summed E-state index contributed by atoms with van der Waals surface area (Å²) in [7, 11) is 1.89. The molecule has 5 aromatic rings. The van der Waals surface area contributed by atoms with E-state index < -0.39 is 0 Å². The number of anilines is 1. The van der Waals surface area contributed by atoms with E-state index in [1.165, 1.54) is 12.1 Å². The lowest BCUT2D eigenvalue weighted by Crippen LogP contribution is -2.18. The van der Waals surface area contributed by atoms with Crippen molar-refractivity contribution < 1.29 is 4.39 Å². The summed E-state index contributed by atoms with van der Waals surface area (Å²) in [5, 5.41) is 13.3. The average molecular weight is 472 g/mol. The van der Waals surface area contributed by atoms with E-state index in [4.69, 9.17) is 11.6 Å². The molecule has 8 heteroatoms. The van der Waals surface area contributed by atoms with E-state index in [0.29, 0.717) is 11.7 Å². The first kappa shape index (κ1) is 20.6. The van der Waals surface area contributed by atoms with Crippen LogP contribution in [0.5, 0.6) is 0 Å². The second-order valence-electron chi connectivity index (χ2n) is 8.42. The first-order valence-corrected chi connectivity index (χ1v) is 11.2. The summed E-state index contributed by atoms with van der Waals surface area (Å²) in [5.74, 6) is 0.143. The SMILES string of the molecule is Cn1cnnc1C(c1ccc(F)cc1)c1cc2c3c(c1)c(-c1cccc(Cl)c1)cc(=O)n3CN2. The number of nitrogens with zero attached hydrogens (tertiary/aromatic N) is 4. The van der Waals surface area contributed by atoms with Crippen molar-refractivity contribution in [3.8, 4) is 11.1 Å². The van der Waals surface area contributed by atoms with Crippen LogP contribution in [0, 0.1) is 5.82 Å². The zero-order chi connectivity index (χ0) is 23.4. The van der Waals surface area contributed by atoms with Crippen molar-refractivity contribution in [1.29, 1.82) is 0 Å². The Hall–Kier alpha value is -3.97. The van der Waals surface area contributed by atoms with Crippen LogP contribution in [0.1, 0.15) is 22.9 Å². The van der Waals surface area contributed by atoms with Crippen LogP contribution >= 0.6 is 11.6 Å². The van der Waals surface area contributed by atoms with Crippen LogP contribution in [-0.2, 0) is 13.7 Å². The van der Waals surface area contributed by atoms with Gasteiger partial charge in [-0.25, -0.2) is 4.39 Å². The number of aryl methyl sites for hydroxylation is 1. The zero-order valence-electron chi connectivity index (χ0n) is 18.2. The van der Waals surface area contributed by atoms with Gasteiger partial charge < -0.3 is 9.88 Å². The van der Waals surface area contributed by atoms with Crippen molar-refractivity contribution in [2.75, 3.05) is 5.32 Å². The number of aromatic nitrogens is 4. The molecule has 0 bridgehead atoms. The van der Waals surface area contributed by atoms with E-state index in [-0.39, 0.29) is 17.3 Å². The molecule has 3 aromatic carbocycles. The monoisotopic (exact) mass is 471 g/mol. The minimum Gasteiger partial charge on any atom is -0.366 e. The number of halogens is 2. The molecule has 6 rings (SSSR count). The van der Waals surface area contributed by atoms with Crippen molar-refractivity contribution in [1.82, 2.24) is 19.3 Å². The molecule has 0 aliphatic carbocycles. The molecule has 1 aliphatic rings. The average Bonchev–Trinajstić information content (AvgIpc) is 3.45. The van der Waals surface area contributed by atoms with Crippen molar-refractivity contribution in [2.24, 2.45) is 7.05 Å². The molecular formula is C26H19ClFN5O. The van der Waals surface area contributed by atoms with Crippen LogP contribution in [-0.4, -0.2) is 19.3 Å². The van der Waals surface area contributed by atoms with Crippen LogP contribution in [0.4, 0.5) is 10.1 Å². The quantitative estimate of drug-likeness (QED) is 0.393. The third kappa shape index (κ3) is 3.28. The summed E-state index contributed by atoms with van der Waals surface area (Å²) in [6.45, 7) is 0.398. The summed E-state index contributed by atoms with van der Waals surface area (Å²) in [4.78, 5) is 12.9. The Morgan fingerprint density at radius 3 is 2.62 bits per heavy atom. The summed E-state index contributed by atoms with van der Waals surface area (Å²) in [6.07, 6.45) is 1.65. The van der Waals surface area contributed by atoms with Crippen molar-refractivity contribution in [3.05, 3.63) is 111 Å². The molecule has 2 aromatic heterocycles. The topological polar surface area (TPSA) is 64.7 Å². The second-order valence-corrected chi connectivity index (χ2v) is 8.86. The Bertz CT molecular complexity index is 1620. The van der Waals surface area contributed by atoms with Gasteiger partial charge in [0.05, 0.1) is 23.8 Å². The molecule has 34 heavy (non-hydrogen) atoms. The van der Waals surface area contributed by atoms with E-state index >= 15 is 0 Å². The zero-order valence-corrected chi connectivity index (χ0v) is 18.9. The molecule has 0 fully saturated rings. The number of rotatable bonds is 4. The maximum atomic E-state index is 13.7. The van der Waals surface area contributed by atoms with Crippen LogP contribution in [0.3, 0.4) is 0 Å². The standard InChI is InChI=1S/C26H19ClFN5O/c1-32-14-30-31-26(32)24(15-5-7-19(28)8-6-15)17-10-21-20(16-3-2-4-18(27)9-16)12-23(34)33-13-29-22(11-17)25(21)33/h2-12,14,24,29H,13H2,1H3. The van der Waals surface area contributed by atoms with Gasteiger partial charge in [0.15, 0.2) is 0 Å². The van der Waals surface area contributed by atoms with E-state index in [1.807, 2.05) is 41.9 Å². The fraction of sp³-hybridized carbons (Fsp3) is 0.115. The molecule has 6 nitrogen and oxygen atoms in total. The second kappa shape index (κ2) is 7.81. The van der Waals surface area contributed by atoms with Crippen molar-refractivity contribution in [3.63, 3.8) is 0 Å². The van der Waals surface area contributed by atoms with Gasteiger partial charge in [0.25, 0.3) is 5.56 Å². The number of hydrogen-bond acceptors (Lipinski definition) is 4. The van der Waals surface area contributed by atoms with Crippen molar-refractivity contribution in [2.45, 2.75) is 12.6 Å². The molecule has 0 saturated heterocycles. The van der Waals surface area contributed by atoms with Crippen LogP contribution in [0.2, 0.25) is 5.02 Å². The maximum absolute atomic E-state index is 13.7. The van der Waals surface area contributed by atoms with E-state index in [1.54, 1.807) is 29.1 Å². The van der Waals surface area contributed by atoms with Crippen LogP contribution in [0.25, 0.3) is 22.0 Å². The predicted octanol–water partition coefficient (Wildman–Crippen LogP) is 5.15. The molecule has 1 N–H and O–H groups in total. The Morgan fingerprint density at radius 1 is 1.06 bits per heavy atom. The molecule has 1 unspecified atom stereocenters. The van der Waals surface area contributed by atoms with Gasteiger partial charge in [0.2, 0.25) is 0 Å². The van der Waals surface area contributed by atoms with E-state index in [2.05, 4.69) is 21.6 Å². The van der Waals surface area contributed by atoms with Gasteiger partial charge >= 0.3 is 0 Å². The normalized spacial score (nSPS) is 13.3. The highest BCUT2D eigenvalue weighted by atomic mass is 35.5. The third-order valence-corrected chi connectivity index (χ3v) is 6.57. The first-order chi connectivity index (χ1) is 16.5. The summed E-state index contributed by atoms with van der Waals surface area (Å²) >= 11 is 6.28. The molecule has 0 radical (unpaired) electrons. The highest BCUT2D eigenvalue weighted by molar-refractivity contribution is 6.31. The fourth-order valence-corrected chi connectivity index (χ4v) is 4.95. The van der Waals surface area contributed by atoms with Gasteiger partial charge in [0, 0.05) is 23.5 Å². The summed E-state index contributed by atoms with van der Waals surface area (Å²) in [6, 6.07) is 19.7. The molecule has 1 aliphatic heterocycles. The number of hydrogen-bond donors (Lipinski definition) is 1. The lowest BCUT2D eigenvalue weighted by atomic mass is 9.88. The Balaban J connectivity index is 1.66. The predicted molar refractivity (Wildman–Crippen MR) is 131 cm³/mol. The molecule has 0 amide bonds. The summed E-state index contributed by atoms with van der Waals surface area (Å²) in [5.41, 5.74) is 5.15. The Morgan fingerprint density at radius 2 is 1.88 bits per heavy atom. The third-order valence-electron chi connectivity index (χ3n) is 6.33. The van der Waals surface area contributed by atoms with Gasteiger partial charge in [-0.2, -0.15) is 0 Å². The maximum Gasteiger partial charge on any atom is 0.253 e. The van der Waals surface area contributed by atoms with Gasteiger partial charge in [-0.15, -0.1) is 10.2 Å². The lowest BCUT2D eigenvalue weighted by molar-refractivity contribution is 0.626. The highest BCUT2D eigenvalue weighted by Crippen LogP contribution is 2.40. The Labute approximate surface area is 199 Å². The fourth-order valence-electron chi connectivity index (χ4n) is 4.76. The van der Waals surface area contributed by atoms with Gasteiger partial charge in [-0.3, -0.25) is 9.36 Å². The summed E-state index contributed by atoms with van der Waals surface area (Å²) < 4.78 is 17.3. The molecular weight excluding hydrogens is 453 g/mol. The number of pyridine rings is 1. The molecule has 0 saturated carbocycles. The van der Waals surface area contributed by atoms with E-state index in [0.717, 1.165) is 44.7 Å². The van der Waals surface area contributed by atoms with E-state index in [9.17, 15) is 9.18 Å². The Kier molecular flexibility index (Phi) is 4.74. The molecule has 0 spiro atoms. The van der Waals surface area contributed by atoms with Gasteiger partial charge in [-0.1, -0.05) is 35.9 Å². The smallest absolute Gasteiger partial charge is 0.253 e. The minimum absolute atomic E-state index is 0.0788. The minimum atomic E-state index is -0.300. The first-order valence-electron chi connectivity index (χ1n) is 10.8. The van der Waals surface area contributed by atoms with Gasteiger partial charge in [0.1, 0.15) is 18.0 Å². The largest absolute Gasteiger partial charge is 0.366 e. The highest BCUT2D eigenvalue weighted by Gasteiger charge is 2.26. The lowest BCUT2D eigenvalue weighted by Gasteiger charge is -2.19. The molecule has 3 heterocycles.